The Labute approximate surface area is 159 Å². The summed E-state index contributed by atoms with van der Waals surface area (Å²) < 4.78 is 12.0. The lowest BCUT2D eigenvalue weighted by Crippen LogP contribution is -2.00. The Morgan fingerprint density at radius 3 is 1.89 bits per heavy atom. The number of carbonyl (C=O) groups excluding carboxylic acids is 1. The van der Waals surface area contributed by atoms with Gasteiger partial charge in [-0.1, -0.05) is 78.9 Å². The number of hydrogen-bond donors (Lipinski definition) is 0. The molecule has 0 aliphatic rings. The van der Waals surface area contributed by atoms with E-state index in [2.05, 4.69) is 0 Å². The lowest BCUT2D eigenvalue weighted by atomic mass is 10.1. The predicted molar refractivity (Wildman–Crippen MR) is 108 cm³/mol. The van der Waals surface area contributed by atoms with Crippen molar-refractivity contribution >= 4 is 12.4 Å². The first-order valence-electron chi connectivity index (χ1n) is 8.93. The fourth-order valence-electron chi connectivity index (χ4n) is 2.59. The second-order valence-electron chi connectivity index (χ2n) is 6.06. The van der Waals surface area contributed by atoms with Gasteiger partial charge in [0.25, 0.3) is 0 Å². The normalized spacial score (nSPS) is 10.7. The minimum atomic E-state index is 0.395. The van der Waals surface area contributed by atoms with Gasteiger partial charge >= 0.3 is 0 Å². The van der Waals surface area contributed by atoms with Crippen LogP contribution in [0.5, 0.6) is 11.5 Å². The molecule has 136 valence electrons. The van der Waals surface area contributed by atoms with Crippen LogP contribution in [0.2, 0.25) is 0 Å². The van der Waals surface area contributed by atoms with E-state index in [9.17, 15) is 4.79 Å². The highest BCUT2D eigenvalue weighted by molar-refractivity contribution is 5.60. The number of hydrogen-bond acceptors (Lipinski definition) is 3. The van der Waals surface area contributed by atoms with Crippen molar-refractivity contribution in [2.45, 2.75) is 19.6 Å². The molecule has 3 nitrogen and oxygen atoms in total. The molecule has 0 amide bonds. The number of aldehydes is 1. The third kappa shape index (κ3) is 5.86. The highest BCUT2D eigenvalue weighted by Crippen LogP contribution is 2.30. The number of allylic oxidation sites excluding steroid dienone is 1. The molecule has 0 aromatic heterocycles. The molecule has 0 radical (unpaired) electrons. The predicted octanol–water partition coefficient (Wildman–Crippen LogP) is 5.45. The lowest BCUT2D eigenvalue weighted by molar-refractivity contribution is -0.107. The quantitative estimate of drug-likeness (QED) is 0.477. The van der Waals surface area contributed by atoms with Gasteiger partial charge in [0.05, 0.1) is 0 Å². The molecule has 0 spiro atoms. The molecule has 0 bridgehead atoms. The smallest absolute Gasteiger partial charge is 0.162 e. The maximum Gasteiger partial charge on any atom is 0.162 e. The van der Waals surface area contributed by atoms with Crippen LogP contribution in [0.15, 0.2) is 84.9 Å². The molecule has 3 aromatic rings. The summed E-state index contributed by atoms with van der Waals surface area (Å²) in [5.41, 5.74) is 3.15. The van der Waals surface area contributed by atoms with Gasteiger partial charge in [0, 0.05) is 6.42 Å². The molecule has 0 aliphatic carbocycles. The van der Waals surface area contributed by atoms with Gasteiger partial charge in [0.2, 0.25) is 0 Å². The van der Waals surface area contributed by atoms with E-state index in [4.69, 9.17) is 9.47 Å². The Morgan fingerprint density at radius 1 is 0.704 bits per heavy atom. The van der Waals surface area contributed by atoms with Crippen LogP contribution in [0.4, 0.5) is 0 Å². The van der Waals surface area contributed by atoms with Crippen molar-refractivity contribution < 1.29 is 14.3 Å². The molecule has 3 rings (SSSR count). The van der Waals surface area contributed by atoms with Crippen LogP contribution in [-0.4, -0.2) is 6.29 Å². The van der Waals surface area contributed by atoms with Crippen LogP contribution in [0.1, 0.15) is 23.1 Å². The molecular weight excluding hydrogens is 336 g/mol. The zero-order valence-corrected chi connectivity index (χ0v) is 15.1. The number of benzene rings is 3. The van der Waals surface area contributed by atoms with Gasteiger partial charge in [-0.05, 0) is 28.8 Å². The monoisotopic (exact) mass is 358 g/mol. The van der Waals surface area contributed by atoms with Gasteiger partial charge in [-0.2, -0.15) is 0 Å². The first-order chi connectivity index (χ1) is 13.3. The van der Waals surface area contributed by atoms with Crippen LogP contribution in [0, 0.1) is 0 Å². The number of rotatable bonds is 9. The molecular formula is C24H22O3. The van der Waals surface area contributed by atoms with Crippen molar-refractivity contribution in [1.29, 1.82) is 0 Å². The van der Waals surface area contributed by atoms with Crippen molar-refractivity contribution in [2.75, 3.05) is 0 Å². The van der Waals surface area contributed by atoms with Crippen molar-refractivity contribution in [3.8, 4) is 11.5 Å². The highest BCUT2D eigenvalue weighted by Gasteiger charge is 2.07. The number of ether oxygens (including phenoxy) is 2. The summed E-state index contributed by atoms with van der Waals surface area (Å²) in [7, 11) is 0. The maximum absolute atomic E-state index is 10.5. The van der Waals surface area contributed by atoms with E-state index in [1.165, 1.54) is 0 Å². The van der Waals surface area contributed by atoms with Crippen LogP contribution in [0.25, 0.3) is 6.08 Å². The molecule has 0 saturated carbocycles. The minimum absolute atomic E-state index is 0.395. The Bertz CT molecular complexity index is 871. The van der Waals surface area contributed by atoms with Gasteiger partial charge in [-0.25, -0.2) is 0 Å². The van der Waals surface area contributed by atoms with Crippen molar-refractivity contribution in [3.63, 3.8) is 0 Å². The first kappa shape index (κ1) is 18.5. The van der Waals surface area contributed by atoms with Gasteiger partial charge in [-0.15, -0.1) is 0 Å². The van der Waals surface area contributed by atoms with Gasteiger partial charge < -0.3 is 14.3 Å². The Hall–Kier alpha value is -3.33. The van der Waals surface area contributed by atoms with E-state index < -0.39 is 0 Å². The van der Waals surface area contributed by atoms with Crippen molar-refractivity contribution in [3.05, 3.63) is 102 Å². The average Bonchev–Trinajstić information content (AvgIpc) is 2.73. The van der Waals surface area contributed by atoms with Crippen LogP contribution >= 0.6 is 0 Å². The van der Waals surface area contributed by atoms with E-state index in [1.807, 2.05) is 91.0 Å². The van der Waals surface area contributed by atoms with Crippen LogP contribution in [0.3, 0.4) is 0 Å². The fourth-order valence-corrected chi connectivity index (χ4v) is 2.59. The summed E-state index contributed by atoms with van der Waals surface area (Å²) in [5, 5.41) is 0. The third-order valence-electron chi connectivity index (χ3n) is 3.98. The molecule has 0 N–H and O–H groups in total. The average molecular weight is 358 g/mol. The first-order valence-corrected chi connectivity index (χ1v) is 8.93. The SMILES string of the molecule is O=CCC=Cc1ccc(OCc2ccccc2)c(OCc2ccccc2)c1. The molecule has 0 fully saturated rings. The molecule has 27 heavy (non-hydrogen) atoms. The van der Waals surface area contributed by atoms with Crippen molar-refractivity contribution in [2.24, 2.45) is 0 Å². The molecule has 0 aliphatic heterocycles. The summed E-state index contributed by atoms with van der Waals surface area (Å²) in [6, 6.07) is 25.8. The van der Waals surface area contributed by atoms with Crippen molar-refractivity contribution in [1.82, 2.24) is 0 Å². The second-order valence-corrected chi connectivity index (χ2v) is 6.06. The molecule has 0 heterocycles. The number of carbonyl (C=O) groups is 1. The fraction of sp³-hybridized carbons (Fsp3) is 0.125. The summed E-state index contributed by atoms with van der Waals surface area (Å²) in [6.07, 6.45) is 5.01. The maximum atomic E-state index is 10.5. The molecule has 0 saturated heterocycles. The molecule has 3 heteroatoms. The standard InChI is InChI=1S/C24H22O3/c25-16-8-7-9-20-14-15-23(26-18-21-10-3-1-4-11-21)24(17-20)27-19-22-12-5-2-6-13-22/h1-7,9-17H,8,18-19H2. The van der Waals surface area contributed by atoms with E-state index >= 15 is 0 Å². The summed E-state index contributed by atoms with van der Waals surface area (Å²) in [4.78, 5) is 10.5. The summed E-state index contributed by atoms with van der Waals surface area (Å²) in [6.45, 7) is 0.937. The zero-order valence-electron chi connectivity index (χ0n) is 15.1. The third-order valence-corrected chi connectivity index (χ3v) is 3.98. The summed E-state index contributed by atoms with van der Waals surface area (Å²) in [5.74, 6) is 1.38. The topological polar surface area (TPSA) is 35.5 Å². The van der Waals surface area contributed by atoms with Gasteiger partial charge in [0.1, 0.15) is 19.5 Å². The van der Waals surface area contributed by atoms with E-state index in [0.29, 0.717) is 31.1 Å². The summed E-state index contributed by atoms with van der Waals surface area (Å²) >= 11 is 0. The molecule has 3 aromatic carbocycles. The van der Waals surface area contributed by atoms with E-state index in [-0.39, 0.29) is 0 Å². The van der Waals surface area contributed by atoms with Gasteiger partial charge in [0.15, 0.2) is 11.5 Å². The molecule has 0 atom stereocenters. The van der Waals surface area contributed by atoms with Gasteiger partial charge in [-0.3, -0.25) is 0 Å². The largest absolute Gasteiger partial charge is 0.485 e. The lowest BCUT2D eigenvalue weighted by Gasteiger charge is -2.14. The van der Waals surface area contributed by atoms with Crippen LogP contribution in [-0.2, 0) is 18.0 Å². The van der Waals surface area contributed by atoms with E-state index in [1.54, 1.807) is 0 Å². The minimum Gasteiger partial charge on any atom is -0.485 e. The Balaban J connectivity index is 1.76. The Morgan fingerprint density at radius 2 is 1.30 bits per heavy atom. The second kappa shape index (κ2) is 9.97. The zero-order chi connectivity index (χ0) is 18.7. The Kier molecular flexibility index (Phi) is 6.82. The van der Waals surface area contributed by atoms with E-state index in [0.717, 1.165) is 23.0 Å². The highest BCUT2D eigenvalue weighted by atomic mass is 16.5. The molecule has 0 unspecified atom stereocenters. The van der Waals surface area contributed by atoms with Crippen LogP contribution < -0.4 is 9.47 Å².